The Hall–Kier alpha value is -4.18. The minimum atomic E-state index is -1.18. The van der Waals surface area contributed by atoms with Crippen molar-refractivity contribution in [3.8, 4) is 0 Å². The first-order chi connectivity index (χ1) is 18.5. The number of aromatic nitrogens is 1. The zero-order valence-electron chi connectivity index (χ0n) is 22.4. The van der Waals surface area contributed by atoms with E-state index in [1.807, 2.05) is 74.6 Å². The largest absolute Gasteiger partial charge is 0.480 e. The van der Waals surface area contributed by atoms with Crippen molar-refractivity contribution in [3.63, 3.8) is 0 Å². The first-order valence-electron chi connectivity index (χ1n) is 13.0. The minimum Gasteiger partial charge on any atom is -0.480 e. The van der Waals surface area contributed by atoms with Crippen LogP contribution in [0.5, 0.6) is 0 Å². The molecule has 0 aliphatic heterocycles. The van der Waals surface area contributed by atoms with Crippen molar-refractivity contribution >= 4 is 34.6 Å². The molecule has 4 atom stereocenters. The number of rotatable bonds is 13. The van der Waals surface area contributed by atoms with Gasteiger partial charge < -0.3 is 31.8 Å². The first kappa shape index (κ1) is 29.4. The van der Waals surface area contributed by atoms with E-state index in [-0.39, 0.29) is 25.2 Å². The number of carboxylic acid groups (broad SMARTS) is 1. The molecule has 0 aliphatic rings. The van der Waals surface area contributed by atoms with Gasteiger partial charge in [0.1, 0.15) is 18.1 Å². The molecule has 3 aromatic rings. The van der Waals surface area contributed by atoms with Crippen LogP contribution >= 0.6 is 0 Å². The number of hydrogen-bond acceptors (Lipinski definition) is 5. The lowest BCUT2D eigenvalue weighted by Gasteiger charge is -2.25. The van der Waals surface area contributed by atoms with Gasteiger partial charge in [-0.15, -0.1) is 0 Å². The molecule has 0 bridgehead atoms. The molecule has 0 aliphatic carbocycles. The number of aromatic amines is 1. The Kier molecular flexibility index (Phi) is 10.2. The van der Waals surface area contributed by atoms with Gasteiger partial charge in [0.25, 0.3) is 0 Å². The number of nitrogens with two attached hydrogens (primary N) is 1. The second-order valence-electron chi connectivity index (χ2n) is 10.2. The van der Waals surface area contributed by atoms with Crippen LogP contribution < -0.4 is 21.7 Å². The number of amides is 3. The fraction of sp³-hybridized carbons (Fsp3) is 0.379. The topological polar surface area (TPSA) is 166 Å². The van der Waals surface area contributed by atoms with E-state index in [9.17, 15) is 19.2 Å². The first-order valence-corrected chi connectivity index (χ1v) is 13.0. The summed E-state index contributed by atoms with van der Waals surface area (Å²) in [6.07, 6.45) is 2.55. The highest BCUT2D eigenvalue weighted by Crippen LogP contribution is 2.19. The lowest BCUT2D eigenvalue weighted by molar-refractivity contribution is -0.141. The molecule has 0 radical (unpaired) electrons. The van der Waals surface area contributed by atoms with Gasteiger partial charge in [0.05, 0.1) is 6.04 Å². The van der Waals surface area contributed by atoms with E-state index >= 15 is 0 Å². The SMILES string of the molecule is CC(C)CC(NC(=O)C(Cc1ccccc1)NC(=O)C(N)Cc1c[nH]c2ccccc12)C(=O)NC(C)C(=O)O. The summed E-state index contributed by atoms with van der Waals surface area (Å²) in [6.45, 7) is 5.13. The number of carbonyl (C=O) groups is 4. The minimum absolute atomic E-state index is 0.0351. The van der Waals surface area contributed by atoms with Crippen LogP contribution in [0.25, 0.3) is 10.9 Å². The molecular formula is C29H37N5O5. The highest BCUT2D eigenvalue weighted by Gasteiger charge is 2.30. The fourth-order valence-electron chi connectivity index (χ4n) is 4.32. The van der Waals surface area contributed by atoms with Crippen molar-refractivity contribution in [3.05, 3.63) is 71.9 Å². The summed E-state index contributed by atoms with van der Waals surface area (Å²) in [7, 11) is 0. The van der Waals surface area contributed by atoms with Gasteiger partial charge in [-0.25, -0.2) is 0 Å². The molecule has 1 heterocycles. The molecule has 39 heavy (non-hydrogen) atoms. The number of nitrogens with one attached hydrogen (secondary N) is 4. The Bertz CT molecular complexity index is 1290. The number of carboxylic acids is 1. The predicted octanol–water partition coefficient (Wildman–Crippen LogP) is 1.89. The van der Waals surface area contributed by atoms with Gasteiger partial charge in [0.2, 0.25) is 17.7 Å². The fourth-order valence-corrected chi connectivity index (χ4v) is 4.32. The molecule has 0 spiro atoms. The average molecular weight is 536 g/mol. The number of para-hydroxylation sites is 1. The van der Waals surface area contributed by atoms with Gasteiger partial charge in [-0.1, -0.05) is 62.4 Å². The number of benzene rings is 2. The molecule has 3 amide bonds. The van der Waals surface area contributed by atoms with E-state index in [0.29, 0.717) is 0 Å². The third-order valence-electron chi connectivity index (χ3n) is 6.44. The second kappa shape index (κ2) is 13.6. The second-order valence-corrected chi connectivity index (χ2v) is 10.2. The van der Waals surface area contributed by atoms with Crippen molar-refractivity contribution in [2.45, 2.75) is 64.2 Å². The van der Waals surface area contributed by atoms with Crippen LogP contribution in [0.3, 0.4) is 0 Å². The molecule has 2 aromatic carbocycles. The molecule has 3 rings (SSSR count). The van der Waals surface area contributed by atoms with Crippen LogP contribution in [0.4, 0.5) is 0 Å². The van der Waals surface area contributed by atoms with E-state index in [2.05, 4.69) is 20.9 Å². The van der Waals surface area contributed by atoms with Crippen molar-refractivity contribution in [2.24, 2.45) is 11.7 Å². The Balaban J connectivity index is 1.76. The van der Waals surface area contributed by atoms with Gasteiger partial charge in [0.15, 0.2) is 0 Å². The quantitative estimate of drug-likeness (QED) is 0.195. The van der Waals surface area contributed by atoms with Crippen LogP contribution in [0, 0.1) is 5.92 Å². The summed E-state index contributed by atoms with van der Waals surface area (Å²) in [5.74, 6) is -2.81. The van der Waals surface area contributed by atoms with Crippen molar-refractivity contribution in [1.82, 2.24) is 20.9 Å². The molecule has 4 unspecified atom stereocenters. The average Bonchev–Trinajstić information content (AvgIpc) is 3.30. The van der Waals surface area contributed by atoms with Crippen molar-refractivity contribution in [2.75, 3.05) is 0 Å². The van der Waals surface area contributed by atoms with Crippen molar-refractivity contribution in [1.29, 1.82) is 0 Å². The Morgan fingerprint density at radius 2 is 1.44 bits per heavy atom. The van der Waals surface area contributed by atoms with Crippen LogP contribution in [-0.2, 0) is 32.0 Å². The summed E-state index contributed by atoms with van der Waals surface area (Å²) in [6, 6.07) is 12.9. The summed E-state index contributed by atoms with van der Waals surface area (Å²) in [5, 5.41) is 18.0. The molecule has 1 aromatic heterocycles. The van der Waals surface area contributed by atoms with E-state index in [0.717, 1.165) is 22.0 Å². The third kappa shape index (κ3) is 8.41. The molecule has 7 N–H and O–H groups in total. The maximum atomic E-state index is 13.4. The maximum absolute atomic E-state index is 13.4. The highest BCUT2D eigenvalue weighted by atomic mass is 16.4. The van der Waals surface area contributed by atoms with Gasteiger partial charge in [0, 0.05) is 23.5 Å². The number of H-pyrrole nitrogens is 1. The third-order valence-corrected chi connectivity index (χ3v) is 6.44. The lowest BCUT2D eigenvalue weighted by Crippen LogP contribution is -2.57. The summed E-state index contributed by atoms with van der Waals surface area (Å²) in [4.78, 5) is 53.8. The van der Waals surface area contributed by atoms with Gasteiger partial charge >= 0.3 is 5.97 Å². The number of aliphatic carboxylic acids is 1. The number of carbonyl (C=O) groups excluding carboxylic acids is 3. The van der Waals surface area contributed by atoms with Crippen LogP contribution in [0.15, 0.2) is 60.8 Å². The Labute approximate surface area is 227 Å². The molecular weight excluding hydrogens is 498 g/mol. The van der Waals surface area contributed by atoms with Crippen LogP contribution in [0.2, 0.25) is 0 Å². The van der Waals surface area contributed by atoms with Gasteiger partial charge in [-0.3, -0.25) is 19.2 Å². The zero-order valence-corrected chi connectivity index (χ0v) is 22.4. The van der Waals surface area contributed by atoms with E-state index in [1.165, 1.54) is 6.92 Å². The number of fused-ring (bicyclic) bond motifs is 1. The maximum Gasteiger partial charge on any atom is 0.325 e. The highest BCUT2D eigenvalue weighted by molar-refractivity contribution is 5.94. The Morgan fingerprint density at radius 1 is 0.821 bits per heavy atom. The van der Waals surface area contributed by atoms with Gasteiger partial charge in [-0.05, 0) is 42.9 Å². The van der Waals surface area contributed by atoms with Crippen molar-refractivity contribution < 1.29 is 24.3 Å². The summed E-state index contributed by atoms with van der Waals surface area (Å²) in [5.41, 5.74) is 8.90. The van der Waals surface area contributed by atoms with Crippen LogP contribution in [-0.4, -0.2) is 57.9 Å². The van der Waals surface area contributed by atoms with Gasteiger partial charge in [-0.2, -0.15) is 0 Å². The number of hydrogen-bond donors (Lipinski definition) is 6. The predicted molar refractivity (Wildman–Crippen MR) is 149 cm³/mol. The molecule has 0 saturated carbocycles. The summed E-state index contributed by atoms with van der Waals surface area (Å²) < 4.78 is 0. The Morgan fingerprint density at radius 3 is 2.10 bits per heavy atom. The molecule has 208 valence electrons. The molecule has 0 saturated heterocycles. The normalized spacial score (nSPS) is 14.3. The smallest absolute Gasteiger partial charge is 0.325 e. The zero-order chi connectivity index (χ0) is 28.5. The van der Waals surface area contributed by atoms with E-state index < -0.39 is 47.9 Å². The molecule has 10 heteroatoms. The van der Waals surface area contributed by atoms with Crippen LogP contribution in [0.1, 0.15) is 38.3 Å². The summed E-state index contributed by atoms with van der Waals surface area (Å²) >= 11 is 0. The molecule has 0 fully saturated rings. The molecule has 10 nitrogen and oxygen atoms in total. The standard InChI is InChI=1S/C29H37N5O5/c1-17(2)13-24(27(36)32-18(3)29(38)39)34-28(37)25(14-19-9-5-4-6-10-19)33-26(35)22(30)15-20-16-31-23-12-8-7-11-21(20)23/h4-12,16-18,22,24-25,31H,13-15,30H2,1-3H3,(H,32,36)(H,33,35)(H,34,37)(H,38,39). The lowest BCUT2D eigenvalue weighted by atomic mass is 10.00. The monoisotopic (exact) mass is 535 g/mol. The van der Waals surface area contributed by atoms with E-state index in [1.54, 1.807) is 0 Å². The van der Waals surface area contributed by atoms with E-state index in [4.69, 9.17) is 10.8 Å².